The summed E-state index contributed by atoms with van der Waals surface area (Å²) >= 11 is 0. The Balaban J connectivity index is 1.46. The Kier molecular flexibility index (Phi) is 5.31. The fraction of sp³-hybridized carbons (Fsp3) is 0.318. The van der Waals surface area contributed by atoms with Crippen molar-refractivity contribution in [1.82, 2.24) is 20.2 Å². The summed E-state index contributed by atoms with van der Waals surface area (Å²) in [6.45, 7) is 4.18. The molecular formula is C22H25N5O2. The number of imidazole rings is 1. The Morgan fingerprint density at radius 2 is 1.86 bits per heavy atom. The van der Waals surface area contributed by atoms with Gasteiger partial charge in [0.1, 0.15) is 5.82 Å². The van der Waals surface area contributed by atoms with Gasteiger partial charge in [-0.05, 0) is 68.8 Å². The van der Waals surface area contributed by atoms with Gasteiger partial charge in [-0.15, -0.1) is 0 Å². The van der Waals surface area contributed by atoms with Gasteiger partial charge in [-0.1, -0.05) is 0 Å². The quantitative estimate of drug-likeness (QED) is 0.623. The van der Waals surface area contributed by atoms with Crippen LogP contribution in [0, 0.1) is 0 Å². The van der Waals surface area contributed by atoms with E-state index in [4.69, 9.17) is 0 Å². The minimum atomic E-state index is -0.224. The first-order chi connectivity index (χ1) is 14.0. The summed E-state index contributed by atoms with van der Waals surface area (Å²) in [6, 6.07) is 12.8. The number of nitrogens with one attached hydrogen (secondary N) is 3. The number of fused-ring (bicyclic) bond motifs is 1. The third-order valence-electron chi connectivity index (χ3n) is 5.47. The van der Waals surface area contributed by atoms with E-state index in [1.807, 2.05) is 18.2 Å². The average Bonchev–Trinajstić information content (AvgIpc) is 3.32. The van der Waals surface area contributed by atoms with Crippen LogP contribution in [0.1, 0.15) is 46.3 Å². The number of anilines is 1. The second kappa shape index (κ2) is 8.05. The third-order valence-corrected chi connectivity index (χ3v) is 5.47. The number of carbonyl (C=O) groups excluding carboxylic acids is 2. The largest absolute Gasteiger partial charge is 0.355 e. The van der Waals surface area contributed by atoms with Gasteiger partial charge in [-0.3, -0.25) is 14.5 Å². The van der Waals surface area contributed by atoms with Crippen LogP contribution in [0.25, 0.3) is 11.0 Å². The van der Waals surface area contributed by atoms with Crippen molar-refractivity contribution in [3.05, 3.63) is 59.4 Å². The minimum absolute atomic E-state index is 0.180. The zero-order valence-corrected chi connectivity index (χ0v) is 16.7. The molecule has 1 aliphatic rings. The molecule has 0 aliphatic carbocycles. The Morgan fingerprint density at radius 3 is 2.52 bits per heavy atom. The number of benzene rings is 2. The van der Waals surface area contributed by atoms with Crippen molar-refractivity contribution in [2.45, 2.75) is 32.4 Å². The molecule has 0 unspecified atom stereocenters. The Morgan fingerprint density at radius 1 is 1.14 bits per heavy atom. The van der Waals surface area contributed by atoms with E-state index in [0.29, 0.717) is 22.9 Å². The predicted molar refractivity (Wildman–Crippen MR) is 113 cm³/mol. The van der Waals surface area contributed by atoms with Crippen molar-refractivity contribution in [3.8, 4) is 0 Å². The molecule has 1 atom stereocenters. The highest BCUT2D eigenvalue weighted by atomic mass is 16.2. The molecule has 0 saturated carbocycles. The van der Waals surface area contributed by atoms with Crippen molar-refractivity contribution in [3.63, 3.8) is 0 Å². The van der Waals surface area contributed by atoms with Gasteiger partial charge in [0.15, 0.2) is 0 Å². The van der Waals surface area contributed by atoms with Crippen LogP contribution >= 0.6 is 0 Å². The van der Waals surface area contributed by atoms with Gasteiger partial charge in [0.2, 0.25) is 0 Å². The standard InChI is InChI=1S/C22H25N5O2/c1-14-4-3-11-27(14)13-20-25-18-10-9-17(12-19(18)26-20)24-22(29)16-7-5-15(6-8-16)21(28)23-2/h5-10,12,14H,3-4,11,13H2,1-2H3,(H,23,28)(H,24,29)(H,25,26)/t14-/m0/s1. The molecule has 29 heavy (non-hydrogen) atoms. The molecule has 3 aromatic rings. The average molecular weight is 391 g/mol. The molecule has 1 saturated heterocycles. The summed E-state index contributed by atoms with van der Waals surface area (Å²) in [6.07, 6.45) is 2.47. The number of aromatic nitrogens is 2. The molecule has 4 rings (SSSR count). The normalized spacial score (nSPS) is 16.8. The number of rotatable bonds is 5. The summed E-state index contributed by atoms with van der Waals surface area (Å²) < 4.78 is 0. The summed E-state index contributed by atoms with van der Waals surface area (Å²) in [5.41, 5.74) is 3.50. The summed E-state index contributed by atoms with van der Waals surface area (Å²) in [4.78, 5) is 34.6. The van der Waals surface area contributed by atoms with E-state index < -0.39 is 0 Å². The van der Waals surface area contributed by atoms with E-state index in [1.165, 1.54) is 12.8 Å². The number of hydrogen-bond donors (Lipinski definition) is 3. The van der Waals surface area contributed by atoms with Crippen LogP contribution in [0.5, 0.6) is 0 Å². The Hall–Kier alpha value is -3.19. The maximum Gasteiger partial charge on any atom is 0.255 e. The smallest absolute Gasteiger partial charge is 0.255 e. The van der Waals surface area contributed by atoms with E-state index in [9.17, 15) is 9.59 Å². The fourth-order valence-electron chi connectivity index (χ4n) is 3.76. The van der Waals surface area contributed by atoms with Crippen LogP contribution in [0.2, 0.25) is 0 Å². The highest BCUT2D eigenvalue weighted by Gasteiger charge is 2.21. The number of H-pyrrole nitrogens is 1. The van der Waals surface area contributed by atoms with Crippen molar-refractivity contribution in [2.75, 3.05) is 18.9 Å². The highest BCUT2D eigenvalue weighted by Crippen LogP contribution is 2.22. The van der Waals surface area contributed by atoms with Gasteiger partial charge in [0, 0.05) is 29.9 Å². The summed E-state index contributed by atoms with van der Waals surface area (Å²) in [5.74, 6) is 0.543. The topological polar surface area (TPSA) is 90.1 Å². The van der Waals surface area contributed by atoms with Crippen LogP contribution < -0.4 is 10.6 Å². The SMILES string of the molecule is CNC(=O)c1ccc(C(=O)Nc2ccc3nc(CN4CCC[C@@H]4C)[nH]c3c2)cc1. The van der Waals surface area contributed by atoms with E-state index in [1.54, 1.807) is 31.3 Å². The molecular weight excluding hydrogens is 366 g/mol. The number of carbonyl (C=O) groups is 2. The molecule has 3 N–H and O–H groups in total. The lowest BCUT2D eigenvalue weighted by Gasteiger charge is -2.19. The Labute approximate surface area is 169 Å². The molecule has 1 aromatic heterocycles. The van der Waals surface area contributed by atoms with E-state index >= 15 is 0 Å². The van der Waals surface area contributed by atoms with Gasteiger partial charge < -0.3 is 15.6 Å². The molecule has 0 spiro atoms. The Bertz CT molecular complexity index is 1040. The van der Waals surface area contributed by atoms with Crippen molar-refractivity contribution < 1.29 is 9.59 Å². The minimum Gasteiger partial charge on any atom is -0.355 e. The molecule has 7 nitrogen and oxygen atoms in total. The molecule has 150 valence electrons. The summed E-state index contributed by atoms with van der Waals surface area (Å²) in [7, 11) is 1.58. The van der Waals surface area contributed by atoms with Crippen LogP contribution in [-0.2, 0) is 6.54 Å². The van der Waals surface area contributed by atoms with Crippen LogP contribution in [0.15, 0.2) is 42.5 Å². The lowest BCUT2D eigenvalue weighted by molar-refractivity contribution is 0.0961. The zero-order chi connectivity index (χ0) is 20.4. The zero-order valence-electron chi connectivity index (χ0n) is 16.7. The van der Waals surface area contributed by atoms with Gasteiger partial charge in [0.05, 0.1) is 17.6 Å². The summed E-state index contributed by atoms with van der Waals surface area (Å²) in [5, 5.41) is 5.47. The maximum absolute atomic E-state index is 12.5. The molecule has 1 aliphatic heterocycles. The number of hydrogen-bond acceptors (Lipinski definition) is 4. The molecule has 2 heterocycles. The fourth-order valence-corrected chi connectivity index (χ4v) is 3.76. The molecule has 2 amide bonds. The molecule has 0 radical (unpaired) electrons. The van der Waals surface area contributed by atoms with Crippen molar-refractivity contribution >= 4 is 28.5 Å². The molecule has 7 heteroatoms. The molecule has 2 aromatic carbocycles. The van der Waals surface area contributed by atoms with Crippen LogP contribution in [-0.4, -0.2) is 46.3 Å². The number of nitrogens with zero attached hydrogens (tertiary/aromatic N) is 2. The van der Waals surface area contributed by atoms with Crippen LogP contribution in [0.4, 0.5) is 5.69 Å². The first-order valence-electron chi connectivity index (χ1n) is 9.89. The second-order valence-corrected chi connectivity index (χ2v) is 7.49. The van der Waals surface area contributed by atoms with E-state index in [0.717, 1.165) is 29.9 Å². The first-order valence-corrected chi connectivity index (χ1v) is 9.89. The monoisotopic (exact) mass is 391 g/mol. The van der Waals surface area contributed by atoms with Gasteiger partial charge in [-0.25, -0.2) is 4.98 Å². The maximum atomic E-state index is 12.5. The molecule has 0 bridgehead atoms. The van der Waals surface area contributed by atoms with Gasteiger partial charge in [0.25, 0.3) is 11.8 Å². The molecule has 1 fully saturated rings. The van der Waals surface area contributed by atoms with E-state index in [-0.39, 0.29) is 11.8 Å². The van der Waals surface area contributed by atoms with Crippen molar-refractivity contribution in [1.29, 1.82) is 0 Å². The second-order valence-electron chi connectivity index (χ2n) is 7.49. The third kappa shape index (κ3) is 4.14. The van der Waals surface area contributed by atoms with Crippen LogP contribution in [0.3, 0.4) is 0 Å². The van der Waals surface area contributed by atoms with Gasteiger partial charge >= 0.3 is 0 Å². The number of likely N-dealkylation sites (tertiary alicyclic amines) is 1. The predicted octanol–water partition coefficient (Wildman–Crippen LogP) is 3.16. The van der Waals surface area contributed by atoms with Crippen molar-refractivity contribution in [2.24, 2.45) is 0 Å². The van der Waals surface area contributed by atoms with E-state index in [2.05, 4.69) is 32.4 Å². The number of aromatic amines is 1. The lowest BCUT2D eigenvalue weighted by atomic mass is 10.1. The lowest BCUT2D eigenvalue weighted by Crippen LogP contribution is -2.26. The first kappa shape index (κ1) is 19.1. The number of amides is 2. The van der Waals surface area contributed by atoms with Gasteiger partial charge in [-0.2, -0.15) is 0 Å². The highest BCUT2D eigenvalue weighted by molar-refractivity contribution is 6.05.